The van der Waals surface area contributed by atoms with E-state index >= 15 is 0 Å². The van der Waals surface area contributed by atoms with Crippen LogP contribution in [-0.2, 0) is 27.7 Å². The van der Waals surface area contributed by atoms with E-state index in [9.17, 15) is 0 Å². The predicted molar refractivity (Wildman–Crippen MR) is 53.2 cm³/mol. The second-order valence-corrected chi connectivity index (χ2v) is 4.52. The zero-order chi connectivity index (χ0) is 10.0. The van der Waals surface area contributed by atoms with Crippen molar-refractivity contribution in [3.05, 3.63) is 47.6 Å². The first-order chi connectivity index (χ1) is 6.77. The molecule has 2 aliphatic rings. The third-order valence-electron chi connectivity index (χ3n) is 2.97. The van der Waals surface area contributed by atoms with Crippen LogP contribution >= 0.6 is 0 Å². The zero-order valence-corrected chi connectivity index (χ0v) is 11.9. The summed E-state index contributed by atoms with van der Waals surface area (Å²) in [6.45, 7) is 2.19. The number of allylic oxidation sites excluding steroid dienone is 6. The van der Waals surface area contributed by atoms with Crippen molar-refractivity contribution >= 4 is 0 Å². The molecule has 0 saturated carbocycles. The molecule has 0 heterocycles. The van der Waals surface area contributed by atoms with Crippen molar-refractivity contribution in [1.29, 1.82) is 0 Å². The molecule has 71 valence electrons. The number of hydrogen-bond acceptors (Lipinski definition) is 1. The van der Waals surface area contributed by atoms with Crippen LogP contribution in [0.5, 0.6) is 0 Å². The van der Waals surface area contributed by atoms with Crippen LogP contribution in [-0.4, -0.2) is 5.60 Å². The van der Waals surface area contributed by atoms with E-state index < -0.39 is 0 Å². The van der Waals surface area contributed by atoms with Crippen LogP contribution in [0.25, 0.3) is 0 Å². The summed E-state index contributed by atoms with van der Waals surface area (Å²) in [7, 11) is 0. The molecule has 0 spiro atoms. The topological polar surface area (TPSA) is 9.23 Å². The first-order valence-corrected chi connectivity index (χ1v) is 6.31. The Morgan fingerprint density at radius 3 is 1.93 bits per heavy atom. The van der Waals surface area contributed by atoms with Crippen molar-refractivity contribution in [3.63, 3.8) is 0 Å². The van der Waals surface area contributed by atoms with E-state index in [1.165, 1.54) is 11.1 Å². The third kappa shape index (κ3) is 1.66. The van der Waals surface area contributed by atoms with Crippen LogP contribution in [0.2, 0.25) is 0 Å². The molecular formula is C12H13HfO. The van der Waals surface area contributed by atoms with Gasteiger partial charge in [-0.1, -0.05) is 0 Å². The molecule has 0 aromatic heterocycles. The Balaban J connectivity index is 2.25. The van der Waals surface area contributed by atoms with Gasteiger partial charge in [0.15, 0.2) is 0 Å². The first-order valence-electron chi connectivity index (χ1n) is 4.84. The van der Waals surface area contributed by atoms with E-state index in [0.717, 1.165) is 37.7 Å². The average Bonchev–Trinajstić information content (AvgIpc) is 2.88. The molecule has 0 aromatic carbocycles. The average molecular weight is 352 g/mol. The first kappa shape index (κ1) is 10.3. The second-order valence-electron chi connectivity index (χ2n) is 3.78. The Hall–Kier alpha value is -0.210. The van der Waals surface area contributed by atoms with Crippen molar-refractivity contribution < 1.29 is 27.7 Å². The van der Waals surface area contributed by atoms with Crippen molar-refractivity contribution in [2.45, 2.75) is 25.4 Å². The minimum absolute atomic E-state index is 0.140. The molecular weight excluding hydrogens is 339 g/mol. The Morgan fingerprint density at radius 1 is 1.14 bits per heavy atom. The van der Waals surface area contributed by atoms with Crippen molar-refractivity contribution in [3.8, 4) is 0 Å². The summed E-state index contributed by atoms with van der Waals surface area (Å²) in [6.07, 6.45) is 15.1. The van der Waals surface area contributed by atoms with Gasteiger partial charge in [-0.25, -0.2) is 0 Å². The van der Waals surface area contributed by atoms with Gasteiger partial charge in [0.05, 0.1) is 0 Å². The maximum atomic E-state index is 5.83. The van der Waals surface area contributed by atoms with E-state index in [2.05, 4.69) is 43.4 Å². The fraction of sp³-hybridized carbons (Fsp3) is 0.333. The Morgan fingerprint density at radius 2 is 1.64 bits per heavy atom. The summed E-state index contributed by atoms with van der Waals surface area (Å²) in [5.41, 5.74) is 2.64. The van der Waals surface area contributed by atoms with Crippen molar-refractivity contribution in [2.75, 3.05) is 0 Å². The van der Waals surface area contributed by atoms with Gasteiger partial charge < -0.3 is 0 Å². The van der Waals surface area contributed by atoms with E-state index in [1.807, 2.05) is 0 Å². The quantitative estimate of drug-likeness (QED) is 0.710. The van der Waals surface area contributed by atoms with Gasteiger partial charge in [0.1, 0.15) is 0 Å². The molecule has 0 saturated heterocycles. The van der Waals surface area contributed by atoms with E-state index in [4.69, 9.17) is 2.85 Å². The van der Waals surface area contributed by atoms with Crippen LogP contribution in [0.15, 0.2) is 47.6 Å². The Bertz CT molecular complexity index is 317. The molecule has 0 atom stereocenters. The van der Waals surface area contributed by atoms with Gasteiger partial charge in [-0.15, -0.1) is 0 Å². The molecule has 0 bridgehead atoms. The van der Waals surface area contributed by atoms with Crippen LogP contribution in [0.3, 0.4) is 0 Å². The standard InChI is InChI=1S/C12H13O.Hf/c1-12(13,10-6-2-3-7-10)11-8-4-5-9-11;/h2-6,8H,7,9H2,1H3;/q-1;+1. The van der Waals surface area contributed by atoms with Crippen LogP contribution < -0.4 is 0 Å². The Kier molecular flexibility index (Phi) is 3.03. The molecule has 0 amide bonds. The van der Waals surface area contributed by atoms with Gasteiger partial charge in [-0.05, 0) is 0 Å². The molecule has 0 aliphatic heterocycles. The molecule has 0 aromatic rings. The van der Waals surface area contributed by atoms with Crippen molar-refractivity contribution in [1.82, 2.24) is 0 Å². The molecule has 0 N–H and O–H groups in total. The molecule has 1 nitrogen and oxygen atoms in total. The molecule has 0 radical (unpaired) electrons. The van der Waals surface area contributed by atoms with Crippen LogP contribution in [0, 0.1) is 0 Å². The molecule has 2 heteroatoms. The zero-order valence-electron chi connectivity index (χ0n) is 8.29. The van der Waals surface area contributed by atoms with Gasteiger partial charge in [0.25, 0.3) is 0 Å². The molecule has 2 rings (SSSR count). The normalized spacial score (nSPS) is 20.0. The summed E-state index contributed by atoms with van der Waals surface area (Å²) in [5, 5.41) is 0. The van der Waals surface area contributed by atoms with Crippen molar-refractivity contribution in [2.24, 2.45) is 0 Å². The van der Waals surface area contributed by atoms with Crippen LogP contribution in [0.1, 0.15) is 19.8 Å². The molecule has 0 fully saturated rings. The number of rotatable bonds is 3. The fourth-order valence-corrected chi connectivity index (χ4v) is 2.88. The molecule has 0 unspecified atom stereocenters. The summed E-state index contributed by atoms with van der Waals surface area (Å²) in [6, 6.07) is 0. The van der Waals surface area contributed by atoms with E-state index in [-0.39, 0.29) is 5.60 Å². The number of hydrogen-bond donors (Lipinski definition) is 0. The van der Waals surface area contributed by atoms with E-state index in [1.54, 1.807) is 0 Å². The SMILES string of the molecule is CC([O][Hf])(C1=CC=CC1)C1=CC=CC1. The molecule has 14 heavy (non-hydrogen) atoms. The maximum absolute atomic E-state index is 5.83. The second kappa shape index (κ2) is 4.11. The molecule has 2 aliphatic carbocycles. The van der Waals surface area contributed by atoms with Crippen LogP contribution in [0.4, 0.5) is 0 Å². The monoisotopic (exact) mass is 353 g/mol. The predicted octanol–water partition coefficient (Wildman–Crippen LogP) is 3.00. The van der Waals surface area contributed by atoms with E-state index in [0.29, 0.717) is 0 Å². The van der Waals surface area contributed by atoms with Gasteiger partial charge in [-0.2, -0.15) is 0 Å². The summed E-state index contributed by atoms with van der Waals surface area (Å²) in [4.78, 5) is 0. The summed E-state index contributed by atoms with van der Waals surface area (Å²) in [5.74, 6) is 0. The van der Waals surface area contributed by atoms with Gasteiger partial charge >= 0.3 is 101 Å². The Labute approximate surface area is 100 Å². The third-order valence-corrected chi connectivity index (χ3v) is 4.44. The van der Waals surface area contributed by atoms with Gasteiger partial charge in [0, 0.05) is 0 Å². The van der Waals surface area contributed by atoms with Gasteiger partial charge in [-0.3, -0.25) is 0 Å². The van der Waals surface area contributed by atoms with Gasteiger partial charge in [0.2, 0.25) is 0 Å². The fourth-order valence-electron chi connectivity index (χ4n) is 1.94. The minimum atomic E-state index is -0.140. The summed E-state index contributed by atoms with van der Waals surface area (Å²) < 4.78 is 5.83. The summed E-state index contributed by atoms with van der Waals surface area (Å²) >= 11 is 0.779.